The molecule has 0 radical (unpaired) electrons. The lowest BCUT2D eigenvalue weighted by Crippen LogP contribution is -2.44. The Bertz CT molecular complexity index is 1790. The van der Waals surface area contributed by atoms with Crippen molar-refractivity contribution >= 4 is 33.4 Å². The Morgan fingerprint density at radius 1 is 1.21 bits per heavy atom. The van der Waals surface area contributed by atoms with Crippen LogP contribution in [0.3, 0.4) is 0 Å². The smallest absolute Gasteiger partial charge is 0.228 e. The van der Waals surface area contributed by atoms with Gasteiger partial charge >= 0.3 is 0 Å². The van der Waals surface area contributed by atoms with E-state index in [2.05, 4.69) is 22.3 Å². The number of fused-ring (bicyclic) bond motifs is 2. The fourth-order valence-electron chi connectivity index (χ4n) is 6.17. The lowest BCUT2D eigenvalue weighted by molar-refractivity contribution is 0.0349. The van der Waals surface area contributed by atoms with Gasteiger partial charge in [0.05, 0.1) is 28.2 Å². The van der Waals surface area contributed by atoms with Crippen molar-refractivity contribution < 1.29 is 13.9 Å². The van der Waals surface area contributed by atoms with Gasteiger partial charge in [-0.05, 0) is 62.7 Å². The summed E-state index contributed by atoms with van der Waals surface area (Å²) < 4.78 is 31.6. The van der Waals surface area contributed by atoms with Crippen molar-refractivity contribution in [2.45, 2.75) is 50.7 Å². The fourth-order valence-corrected chi connectivity index (χ4v) is 6.17. The van der Waals surface area contributed by atoms with Crippen molar-refractivity contribution in [3.05, 3.63) is 53.2 Å². The number of anilines is 2. The van der Waals surface area contributed by atoms with Gasteiger partial charge in [-0.3, -0.25) is 4.98 Å². The predicted molar refractivity (Wildman–Crippen MR) is 164 cm³/mol. The van der Waals surface area contributed by atoms with E-state index in [0.29, 0.717) is 60.4 Å². The number of terminal acetylenes is 1. The highest BCUT2D eigenvalue weighted by molar-refractivity contribution is 6.03. The third-order valence-electron chi connectivity index (χ3n) is 8.64. The van der Waals surface area contributed by atoms with Gasteiger partial charge in [0.1, 0.15) is 22.8 Å². The standard InChI is InChI=1S/C33H33F2N7O/c1-4-23-26(34)9-8-21-15-20(17-36)16-24(27(21)23)29-28(35)30-25(18-38-29)31(41(3)19-22-7-5-6-12-37-22)40-32(39-30)42-13-10-33(2,43)11-14-42/h1,8-9,15-16,18,22,37,43H,5-7,10-14,19H2,2-3H3/t22-/m1/s1. The van der Waals surface area contributed by atoms with Crippen LogP contribution in [-0.4, -0.2) is 64.9 Å². The van der Waals surface area contributed by atoms with Gasteiger partial charge in [-0.15, -0.1) is 6.42 Å². The lowest BCUT2D eigenvalue weighted by Gasteiger charge is -2.36. The number of hydrogen-bond donors (Lipinski definition) is 2. The molecule has 10 heteroatoms. The number of pyridine rings is 1. The first-order valence-corrected chi connectivity index (χ1v) is 14.6. The highest BCUT2D eigenvalue weighted by Gasteiger charge is 2.30. The second-order valence-corrected chi connectivity index (χ2v) is 11.8. The number of nitriles is 1. The maximum Gasteiger partial charge on any atom is 0.228 e. The largest absolute Gasteiger partial charge is 0.390 e. The summed E-state index contributed by atoms with van der Waals surface area (Å²) in [7, 11) is 1.93. The number of likely N-dealkylation sites (N-methyl/N-ethyl adjacent to an activating group) is 1. The van der Waals surface area contributed by atoms with Crippen LogP contribution < -0.4 is 15.1 Å². The molecule has 0 bridgehead atoms. The summed E-state index contributed by atoms with van der Waals surface area (Å²) in [5.74, 6) is 1.98. The van der Waals surface area contributed by atoms with Gasteiger partial charge in [0.15, 0.2) is 5.82 Å². The van der Waals surface area contributed by atoms with E-state index in [1.165, 1.54) is 18.2 Å². The number of nitrogens with one attached hydrogen (secondary N) is 1. The third kappa shape index (κ3) is 5.45. The molecule has 2 aliphatic rings. The summed E-state index contributed by atoms with van der Waals surface area (Å²) in [6, 6.07) is 8.21. The number of rotatable bonds is 5. The van der Waals surface area contributed by atoms with E-state index in [1.54, 1.807) is 12.3 Å². The summed E-state index contributed by atoms with van der Waals surface area (Å²) in [5.41, 5.74) is -0.328. The Morgan fingerprint density at radius 3 is 2.70 bits per heavy atom. The van der Waals surface area contributed by atoms with E-state index in [-0.39, 0.29) is 33.9 Å². The number of benzene rings is 2. The Morgan fingerprint density at radius 2 is 2.00 bits per heavy atom. The zero-order valence-electron chi connectivity index (χ0n) is 24.3. The molecule has 2 N–H and O–H groups in total. The Hall–Kier alpha value is -4.38. The maximum atomic E-state index is 16.8. The van der Waals surface area contributed by atoms with Gasteiger partial charge in [0.2, 0.25) is 5.95 Å². The molecule has 6 rings (SSSR count). The number of nitrogens with zero attached hydrogens (tertiary/aromatic N) is 6. The zero-order chi connectivity index (χ0) is 30.3. The van der Waals surface area contributed by atoms with Crippen molar-refractivity contribution in [3.8, 4) is 29.7 Å². The molecule has 2 fully saturated rings. The van der Waals surface area contributed by atoms with Gasteiger partial charge in [-0.2, -0.15) is 10.2 Å². The van der Waals surface area contributed by atoms with Crippen LogP contribution in [0.1, 0.15) is 50.2 Å². The van der Waals surface area contributed by atoms with Gasteiger partial charge in [-0.25, -0.2) is 13.8 Å². The van der Waals surface area contributed by atoms with Crippen LogP contribution in [0.15, 0.2) is 30.5 Å². The molecule has 0 unspecified atom stereocenters. The second kappa shape index (κ2) is 11.4. The number of hydrogen-bond acceptors (Lipinski definition) is 8. The van der Waals surface area contributed by atoms with Gasteiger partial charge in [-0.1, -0.05) is 18.4 Å². The molecule has 2 aliphatic heterocycles. The van der Waals surface area contributed by atoms with Crippen LogP contribution in [0.5, 0.6) is 0 Å². The van der Waals surface area contributed by atoms with Crippen LogP contribution in [0.25, 0.3) is 32.9 Å². The quantitative estimate of drug-likeness (QED) is 0.321. The first kappa shape index (κ1) is 28.7. The zero-order valence-corrected chi connectivity index (χ0v) is 24.3. The van der Waals surface area contributed by atoms with Crippen molar-refractivity contribution in [3.63, 3.8) is 0 Å². The molecule has 4 aromatic rings. The van der Waals surface area contributed by atoms with Crippen molar-refractivity contribution in [1.29, 1.82) is 5.26 Å². The second-order valence-electron chi connectivity index (χ2n) is 11.8. The number of piperidine rings is 2. The number of aromatic nitrogens is 3. The first-order valence-electron chi connectivity index (χ1n) is 14.6. The average Bonchev–Trinajstić information content (AvgIpc) is 3.01. The lowest BCUT2D eigenvalue weighted by atomic mass is 9.94. The Labute approximate surface area is 249 Å². The predicted octanol–water partition coefficient (Wildman–Crippen LogP) is 4.91. The molecule has 1 atom stereocenters. The SMILES string of the molecule is C#Cc1c(F)ccc2cc(C#N)cc(-c3ncc4c(N(C)C[C@H]5CCCCN5)nc(N5CCC(C)(O)CC5)nc4c3F)c12. The minimum absolute atomic E-state index is 0.0255. The van der Waals surface area contributed by atoms with Crippen molar-refractivity contribution in [1.82, 2.24) is 20.3 Å². The molecular weight excluding hydrogens is 548 g/mol. The molecule has 8 nitrogen and oxygen atoms in total. The molecule has 220 valence electrons. The van der Waals surface area contributed by atoms with Crippen LogP contribution in [0.2, 0.25) is 0 Å². The van der Waals surface area contributed by atoms with E-state index in [0.717, 1.165) is 25.8 Å². The van der Waals surface area contributed by atoms with Crippen LogP contribution >= 0.6 is 0 Å². The van der Waals surface area contributed by atoms with Crippen molar-refractivity contribution in [2.75, 3.05) is 43.0 Å². The van der Waals surface area contributed by atoms with Crippen LogP contribution in [-0.2, 0) is 0 Å². The molecular formula is C33H33F2N7O. The van der Waals surface area contributed by atoms with E-state index >= 15 is 4.39 Å². The van der Waals surface area contributed by atoms with Gasteiger partial charge < -0.3 is 20.2 Å². The summed E-state index contributed by atoms with van der Waals surface area (Å²) >= 11 is 0. The molecule has 0 amide bonds. The summed E-state index contributed by atoms with van der Waals surface area (Å²) in [5, 5.41) is 25.0. The summed E-state index contributed by atoms with van der Waals surface area (Å²) in [4.78, 5) is 18.1. The minimum atomic E-state index is -0.779. The first-order chi connectivity index (χ1) is 20.7. The molecule has 0 aliphatic carbocycles. The van der Waals surface area contributed by atoms with E-state index in [4.69, 9.17) is 16.4 Å². The van der Waals surface area contributed by atoms with E-state index in [1.807, 2.05) is 23.8 Å². The van der Waals surface area contributed by atoms with E-state index < -0.39 is 17.2 Å². The van der Waals surface area contributed by atoms with E-state index in [9.17, 15) is 14.8 Å². The van der Waals surface area contributed by atoms with Crippen molar-refractivity contribution in [2.24, 2.45) is 0 Å². The molecule has 2 aromatic heterocycles. The third-order valence-corrected chi connectivity index (χ3v) is 8.64. The molecule has 43 heavy (non-hydrogen) atoms. The topological polar surface area (TPSA) is 101 Å². The number of aliphatic hydroxyl groups is 1. The van der Waals surface area contributed by atoms with Crippen LogP contribution in [0.4, 0.5) is 20.5 Å². The molecule has 0 saturated carbocycles. The van der Waals surface area contributed by atoms with Gasteiger partial charge in [0, 0.05) is 49.9 Å². The molecule has 2 saturated heterocycles. The molecule has 4 heterocycles. The maximum absolute atomic E-state index is 16.8. The molecule has 2 aromatic carbocycles. The summed E-state index contributed by atoms with van der Waals surface area (Å²) in [6.45, 7) is 4.48. The highest BCUT2D eigenvalue weighted by atomic mass is 19.1. The Balaban J connectivity index is 1.55. The normalized spacial score (nSPS) is 18.4. The molecule has 0 spiro atoms. The summed E-state index contributed by atoms with van der Waals surface area (Å²) in [6.07, 6.45) is 11.6. The fraction of sp³-hybridized carbons (Fsp3) is 0.394. The Kier molecular flexibility index (Phi) is 7.59. The number of halogens is 2. The van der Waals surface area contributed by atoms with Crippen LogP contribution in [0, 0.1) is 35.3 Å². The monoisotopic (exact) mass is 581 g/mol. The van der Waals surface area contributed by atoms with Gasteiger partial charge in [0.25, 0.3) is 0 Å². The average molecular weight is 582 g/mol. The highest BCUT2D eigenvalue weighted by Crippen LogP contribution is 2.38. The minimum Gasteiger partial charge on any atom is -0.390 e.